The van der Waals surface area contributed by atoms with E-state index in [4.69, 9.17) is 9.84 Å². The molecule has 0 radical (unpaired) electrons. The molecule has 0 spiro atoms. The van der Waals surface area contributed by atoms with Crippen LogP contribution in [0.5, 0.6) is 0 Å². The monoisotopic (exact) mass is 282 g/mol. The van der Waals surface area contributed by atoms with Gasteiger partial charge in [0.05, 0.1) is 19.1 Å². The first-order valence-corrected chi connectivity index (χ1v) is 6.98. The van der Waals surface area contributed by atoms with Gasteiger partial charge in [0.15, 0.2) is 6.04 Å². The number of carbonyl (C=O) groups is 3. The lowest BCUT2D eigenvalue weighted by Crippen LogP contribution is -2.54. The summed E-state index contributed by atoms with van der Waals surface area (Å²) in [5, 5.41) is 9.15. The normalized spacial score (nSPS) is 30.7. The summed E-state index contributed by atoms with van der Waals surface area (Å²) < 4.78 is 5.12. The van der Waals surface area contributed by atoms with Gasteiger partial charge in [0, 0.05) is 25.6 Å². The van der Waals surface area contributed by atoms with Crippen LogP contribution in [-0.4, -0.2) is 71.1 Å². The van der Waals surface area contributed by atoms with Crippen LogP contribution >= 0.6 is 0 Å². The first kappa shape index (κ1) is 13.4. The lowest BCUT2D eigenvalue weighted by molar-refractivity contribution is -0.160. The Bertz CT molecular complexity index is 448. The number of rotatable bonds is 3. The highest BCUT2D eigenvalue weighted by atomic mass is 16.5. The number of hydrogen-bond acceptors (Lipinski definition) is 4. The molecule has 20 heavy (non-hydrogen) atoms. The molecule has 0 aromatic heterocycles. The van der Waals surface area contributed by atoms with Gasteiger partial charge in [-0.25, -0.2) is 4.79 Å². The zero-order valence-corrected chi connectivity index (χ0v) is 11.2. The summed E-state index contributed by atoms with van der Waals surface area (Å²) in [5.41, 5.74) is 0. The van der Waals surface area contributed by atoms with Crippen molar-refractivity contribution in [1.29, 1.82) is 0 Å². The molecule has 2 amide bonds. The lowest BCUT2D eigenvalue weighted by atomic mass is 10.1. The van der Waals surface area contributed by atoms with E-state index in [1.165, 1.54) is 4.90 Å². The van der Waals surface area contributed by atoms with Gasteiger partial charge >= 0.3 is 5.97 Å². The average Bonchev–Trinajstić information content (AvgIpc) is 3.21. The molecule has 0 bridgehead atoms. The van der Waals surface area contributed by atoms with Crippen LogP contribution in [0, 0.1) is 5.92 Å². The van der Waals surface area contributed by atoms with Crippen LogP contribution in [0.2, 0.25) is 0 Å². The van der Waals surface area contributed by atoms with Gasteiger partial charge in [0.25, 0.3) is 0 Å². The highest BCUT2D eigenvalue weighted by Crippen LogP contribution is 2.33. The Balaban J connectivity index is 1.68. The second-order valence-corrected chi connectivity index (χ2v) is 5.64. The van der Waals surface area contributed by atoms with Crippen molar-refractivity contribution < 1.29 is 24.2 Å². The molecule has 2 saturated heterocycles. The van der Waals surface area contributed by atoms with Crippen molar-refractivity contribution in [3.8, 4) is 0 Å². The Morgan fingerprint density at radius 3 is 2.70 bits per heavy atom. The topological polar surface area (TPSA) is 87.1 Å². The molecule has 7 heteroatoms. The predicted octanol–water partition coefficient (Wildman–Crippen LogP) is -0.691. The van der Waals surface area contributed by atoms with Crippen LogP contribution in [0.4, 0.5) is 0 Å². The van der Waals surface area contributed by atoms with E-state index in [1.807, 2.05) is 0 Å². The molecule has 0 aromatic carbocycles. The molecule has 1 aliphatic carbocycles. The fourth-order valence-corrected chi connectivity index (χ4v) is 2.94. The van der Waals surface area contributed by atoms with Gasteiger partial charge in [0.1, 0.15) is 0 Å². The van der Waals surface area contributed by atoms with Crippen LogP contribution < -0.4 is 0 Å². The summed E-state index contributed by atoms with van der Waals surface area (Å²) in [7, 11) is 0. The van der Waals surface area contributed by atoms with Gasteiger partial charge in [-0.15, -0.1) is 0 Å². The van der Waals surface area contributed by atoms with Crippen LogP contribution in [-0.2, 0) is 19.1 Å². The van der Waals surface area contributed by atoms with Gasteiger partial charge in [-0.3, -0.25) is 9.59 Å². The molecule has 3 rings (SSSR count). The number of ether oxygens (including phenoxy) is 1. The molecule has 1 N–H and O–H groups in total. The van der Waals surface area contributed by atoms with Crippen LogP contribution in [0.15, 0.2) is 0 Å². The number of aliphatic carboxylic acids is 1. The minimum absolute atomic E-state index is 0.0194. The van der Waals surface area contributed by atoms with Crippen molar-refractivity contribution in [2.75, 3.05) is 26.3 Å². The van der Waals surface area contributed by atoms with Crippen LogP contribution in [0.3, 0.4) is 0 Å². The van der Waals surface area contributed by atoms with Gasteiger partial charge in [-0.1, -0.05) is 0 Å². The van der Waals surface area contributed by atoms with Gasteiger partial charge in [-0.2, -0.15) is 0 Å². The molecule has 3 fully saturated rings. The third kappa shape index (κ3) is 2.37. The number of carboxylic acid groups (broad SMARTS) is 1. The molecule has 3 aliphatic rings. The summed E-state index contributed by atoms with van der Waals surface area (Å²) in [4.78, 5) is 38.7. The van der Waals surface area contributed by atoms with Crippen molar-refractivity contribution in [3.63, 3.8) is 0 Å². The highest BCUT2D eigenvalue weighted by molar-refractivity contribution is 5.91. The SMILES string of the molecule is O=C(O)C1COCCN1C(=O)C1CC(=O)N(C2CC2)C1. The number of carbonyl (C=O) groups excluding carboxylic acids is 2. The smallest absolute Gasteiger partial charge is 0.328 e. The fourth-order valence-electron chi connectivity index (χ4n) is 2.94. The number of morpholine rings is 1. The maximum absolute atomic E-state index is 12.5. The predicted molar refractivity (Wildman–Crippen MR) is 66.8 cm³/mol. The quantitative estimate of drug-likeness (QED) is 0.740. The van der Waals surface area contributed by atoms with Crippen molar-refractivity contribution >= 4 is 17.8 Å². The van der Waals surface area contributed by atoms with E-state index in [0.29, 0.717) is 19.2 Å². The van der Waals surface area contributed by atoms with E-state index in [-0.39, 0.29) is 31.4 Å². The first-order valence-electron chi connectivity index (χ1n) is 6.98. The van der Waals surface area contributed by atoms with E-state index in [9.17, 15) is 14.4 Å². The minimum Gasteiger partial charge on any atom is -0.480 e. The summed E-state index contributed by atoms with van der Waals surface area (Å²) in [5.74, 6) is -1.66. The summed E-state index contributed by atoms with van der Waals surface area (Å²) >= 11 is 0. The van der Waals surface area contributed by atoms with Crippen molar-refractivity contribution in [3.05, 3.63) is 0 Å². The summed E-state index contributed by atoms with van der Waals surface area (Å²) in [6.45, 7) is 1.09. The number of likely N-dealkylation sites (tertiary alicyclic amines) is 1. The third-order valence-electron chi connectivity index (χ3n) is 4.19. The van der Waals surface area contributed by atoms with E-state index >= 15 is 0 Å². The molecule has 1 saturated carbocycles. The Morgan fingerprint density at radius 2 is 2.05 bits per heavy atom. The number of carboxylic acids is 1. The maximum atomic E-state index is 12.5. The Kier molecular flexibility index (Phi) is 3.37. The zero-order valence-electron chi connectivity index (χ0n) is 11.2. The van der Waals surface area contributed by atoms with Crippen LogP contribution in [0.1, 0.15) is 19.3 Å². The van der Waals surface area contributed by atoms with Crippen LogP contribution in [0.25, 0.3) is 0 Å². The minimum atomic E-state index is -1.05. The number of hydrogen-bond donors (Lipinski definition) is 1. The van der Waals surface area contributed by atoms with E-state index in [0.717, 1.165) is 12.8 Å². The maximum Gasteiger partial charge on any atom is 0.328 e. The van der Waals surface area contributed by atoms with E-state index in [1.54, 1.807) is 4.90 Å². The summed E-state index contributed by atoms with van der Waals surface area (Å²) in [6.07, 6.45) is 2.24. The van der Waals surface area contributed by atoms with Crippen molar-refractivity contribution in [1.82, 2.24) is 9.80 Å². The van der Waals surface area contributed by atoms with E-state index in [2.05, 4.69) is 0 Å². The molecule has 2 atom stereocenters. The molecule has 2 unspecified atom stereocenters. The standard InChI is InChI=1S/C13H18N2O5/c16-11-5-8(6-15(11)9-1-2-9)12(17)14-3-4-20-7-10(14)13(18)19/h8-10H,1-7H2,(H,18,19). The third-order valence-corrected chi connectivity index (χ3v) is 4.19. The Morgan fingerprint density at radius 1 is 1.30 bits per heavy atom. The Labute approximate surface area is 116 Å². The molecule has 7 nitrogen and oxygen atoms in total. The zero-order chi connectivity index (χ0) is 14.3. The van der Waals surface area contributed by atoms with Gasteiger partial charge in [0.2, 0.25) is 11.8 Å². The fraction of sp³-hybridized carbons (Fsp3) is 0.769. The molecule has 110 valence electrons. The largest absolute Gasteiger partial charge is 0.480 e. The molecular weight excluding hydrogens is 264 g/mol. The second kappa shape index (κ2) is 5.05. The lowest BCUT2D eigenvalue weighted by Gasteiger charge is -2.34. The highest BCUT2D eigenvalue weighted by Gasteiger charge is 2.44. The van der Waals surface area contributed by atoms with E-state index < -0.39 is 17.9 Å². The van der Waals surface area contributed by atoms with Crippen molar-refractivity contribution in [2.45, 2.75) is 31.3 Å². The number of nitrogens with zero attached hydrogens (tertiary/aromatic N) is 2. The van der Waals surface area contributed by atoms with Gasteiger partial charge < -0.3 is 19.6 Å². The van der Waals surface area contributed by atoms with Crippen molar-refractivity contribution in [2.24, 2.45) is 5.92 Å². The molecule has 2 heterocycles. The molecule has 2 aliphatic heterocycles. The Hall–Kier alpha value is -1.63. The van der Waals surface area contributed by atoms with Gasteiger partial charge in [-0.05, 0) is 12.8 Å². The molecular formula is C13H18N2O5. The summed E-state index contributed by atoms with van der Waals surface area (Å²) in [6, 6.07) is -0.624. The molecule has 0 aromatic rings. The number of amides is 2. The average molecular weight is 282 g/mol. The second-order valence-electron chi connectivity index (χ2n) is 5.64. The first-order chi connectivity index (χ1) is 9.58.